The van der Waals surface area contributed by atoms with Gasteiger partial charge in [0.05, 0.1) is 12.1 Å². The molecule has 1 aromatic heterocycles. The summed E-state index contributed by atoms with van der Waals surface area (Å²) in [7, 11) is 0. The van der Waals surface area contributed by atoms with Crippen molar-refractivity contribution in [2.75, 3.05) is 5.32 Å². The summed E-state index contributed by atoms with van der Waals surface area (Å²) < 4.78 is 0. The number of anilines is 1. The first-order valence-electron chi connectivity index (χ1n) is 6.20. The van der Waals surface area contributed by atoms with Gasteiger partial charge in [-0.05, 0) is 30.5 Å². The van der Waals surface area contributed by atoms with Gasteiger partial charge in [-0.1, -0.05) is 23.7 Å². The topological polar surface area (TPSA) is 42.0 Å². The van der Waals surface area contributed by atoms with Gasteiger partial charge in [0.1, 0.15) is 0 Å². The minimum absolute atomic E-state index is 0.0426. The third-order valence-corrected chi connectivity index (χ3v) is 4.07. The highest BCUT2D eigenvalue weighted by molar-refractivity contribution is 7.13. The number of rotatable bonds is 4. The van der Waals surface area contributed by atoms with E-state index in [1.165, 1.54) is 24.2 Å². The molecule has 0 radical (unpaired) electrons. The smallest absolute Gasteiger partial charge is 0.230 e. The molecule has 0 saturated heterocycles. The lowest BCUT2D eigenvalue weighted by atomic mass is 10.1. The van der Waals surface area contributed by atoms with E-state index in [0.29, 0.717) is 22.5 Å². The van der Waals surface area contributed by atoms with E-state index in [9.17, 15) is 4.79 Å². The highest BCUT2D eigenvalue weighted by Gasteiger charge is 2.26. The lowest BCUT2D eigenvalue weighted by Gasteiger charge is -2.02. The number of benzene rings is 1. The average molecular weight is 293 g/mol. The van der Waals surface area contributed by atoms with Crippen LogP contribution < -0.4 is 5.32 Å². The van der Waals surface area contributed by atoms with Gasteiger partial charge in [0.15, 0.2) is 5.13 Å². The van der Waals surface area contributed by atoms with Gasteiger partial charge in [0.25, 0.3) is 0 Å². The highest BCUT2D eigenvalue weighted by Crippen LogP contribution is 2.40. The maximum atomic E-state index is 11.9. The number of hydrogen-bond acceptors (Lipinski definition) is 3. The molecule has 2 aromatic rings. The van der Waals surface area contributed by atoms with Crippen LogP contribution in [0.2, 0.25) is 5.02 Å². The largest absolute Gasteiger partial charge is 0.302 e. The van der Waals surface area contributed by atoms with Crippen LogP contribution in [-0.2, 0) is 11.2 Å². The van der Waals surface area contributed by atoms with Crippen molar-refractivity contribution in [1.82, 2.24) is 4.98 Å². The molecular weight excluding hydrogens is 280 g/mol. The summed E-state index contributed by atoms with van der Waals surface area (Å²) in [6, 6.07) is 7.30. The van der Waals surface area contributed by atoms with Gasteiger partial charge in [0.2, 0.25) is 5.91 Å². The molecule has 1 saturated carbocycles. The summed E-state index contributed by atoms with van der Waals surface area (Å²) in [4.78, 5) is 16.3. The van der Waals surface area contributed by atoms with E-state index in [1.54, 1.807) is 12.1 Å². The van der Waals surface area contributed by atoms with Crippen LogP contribution in [0.4, 0.5) is 5.13 Å². The van der Waals surface area contributed by atoms with E-state index in [1.807, 2.05) is 17.5 Å². The lowest BCUT2D eigenvalue weighted by molar-refractivity contribution is -0.115. The summed E-state index contributed by atoms with van der Waals surface area (Å²) in [5.74, 6) is 0.581. The molecule has 1 N–H and O–H groups in total. The molecule has 0 spiro atoms. The summed E-state index contributed by atoms with van der Waals surface area (Å²) >= 11 is 7.30. The Morgan fingerprint density at radius 3 is 2.79 bits per heavy atom. The average Bonchev–Trinajstić information content (AvgIpc) is 3.14. The molecule has 98 valence electrons. The van der Waals surface area contributed by atoms with Crippen LogP contribution in [0.5, 0.6) is 0 Å². The Kier molecular flexibility index (Phi) is 3.53. The number of nitrogens with zero attached hydrogens (tertiary/aromatic N) is 1. The molecule has 3 rings (SSSR count). The van der Waals surface area contributed by atoms with Gasteiger partial charge in [0, 0.05) is 16.3 Å². The van der Waals surface area contributed by atoms with Gasteiger partial charge < -0.3 is 5.32 Å². The van der Waals surface area contributed by atoms with E-state index in [2.05, 4.69) is 10.3 Å². The highest BCUT2D eigenvalue weighted by atomic mass is 35.5. The molecule has 19 heavy (non-hydrogen) atoms. The van der Waals surface area contributed by atoms with E-state index in [-0.39, 0.29) is 5.91 Å². The van der Waals surface area contributed by atoms with Crippen molar-refractivity contribution in [1.29, 1.82) is 0 Å². The second-order valence-corrected chi connectivity index (χ2v) is 6.00. The zero-order chi connectivity index (χ0) is 13.2. The van der Waals surface area contributed by atoms with Crippen molar-refractivity contribution < 1.29 is 4.79 Å². The number of halogens is 1. The Labute approximate surface area is 120 Å². The molecular formula is C14H13ClN2OS. The van der Waals surface area contributed by atoms with Gasteiger partial charge in [-0.15, -0.1) is 11.3 Å². The maximum absolute atomic E-state index is 11.9. The van der Waals surface area contributed by atoms with Crippen molar-refractivity contribution in [2.24, 2.45) is 0 Å². The molecule has 1 fully saturated rings. The molecule has 0 aliphatic heterocycles. The Morgan fingerprint density at radius 1 is 1.37 bits per heavy atom. The number of aromatic nitrogens is 1. The van der Waals surface area contributed by atoms with Crippen molar-refractivity contribution in [3.63, 3.8) is 0 Å². The second-order valence-electron chi connectivity index (χ2n) is 4.70. The van der Waals surface area contributed by atoms with Crippen molar-refractivity contribution in [2.45, 2.75) is 25.2 Å². The van der Waals surface area contributed by atoms with E-state index in [0.717, 1.165) is 11.3 Å². The van der Waals surface area contributed by atoms with Crippen LogP contribution in [0.1, 0.15) is 30.0 Å². The van der Waals surface area contributed by atoms with Crippen molar-refractivity contribution >= 4 is 34.0 Å². The molecule has 5 heteroatoms. The fourth-order valence-electron chi connectivity index (χ4n) is 1.86. The number of amides is 1. The van der Waals surface area contributed by atoms with Gasteiger partial charge >= 0.3 is 0 Å². The predicted octanol–water partition coefficient (Wildman–Crippen LogP) is 3.86. The fraction of sp³-hybridized carbons (Fsp3) is 0.286. The number of carbonyl (C=O) groups excluding carboxylic acids is 1. The zero-order valence-corrected chi connectivity index (χ0v) is 11.8. The molecule has 1 amide bonds. The predicted molar refractivity (Wildman–Crippen MR) is 77.9 cm³/mol. The third kappa shape index (κ3) is 3.33. The first-order valence-corrected chi connectivity index (χ1v) is 7.46. The van der Waals surface area contributed by atoms with Gasteiger partial charge in [-0.2, -0.15) is 0 Å². The number of carbonyl (C=O) groups is 1. The molecule has 1 aromatic carbocycles. The minimum atomic E-state index is -0.0426. The molecule has 1 aliphatic carbocycles. The van der Waals surface area contributed by atoms with Crippen molar-refractivity contribution in [3.05, 3.63) is 45.9 Å². The van der Waals surface area contributed by atoms with E-state index < -0.39 is 0 Å². The molecule has 1 heterocycles. The van der Waals surface area contributed by atoms with Crippen LogP contribution in [0.15, 0.2) is 29.6 Å². The van der Waals surface area contributed by atoms with Crippen LogP contribution in [0.25, 0.3) is 0 Å². The number of nitrogens with one attached hydrogen (secondary N) is 1. The fourth-order valence-corrected chi connectivity index (χ4v) is 2.80. The SMILES string of the molecule is O=C(Cc1ccc(Cl)cc1)Nc1nc(C2CC2)cs1. The zero-order valence-electron chi connectivity index (χ0n) is 10.2. The standard InChI is InChI=1S/C14H13ClN2OS/c15-11-5-1-9(2-6-11)7-13(18)17-14-16-12(8-19-14)10-3-4-10/h1-2,5-6,8,10H,3-4,7H2,(H,16,17,18). The second kappa shape index (κ2) is 5.31. The normalized spacial score (nSPS) is 14.4. The van der Waals surface area contributed by atoms with E-state index >= 15 is 0 Å². The minimum Gasteiger partial charge on any atom is -0.302 e. The maximum Gasteiger partial charge on any atom is 0.230 e. The molecule has 0 unspecified atom stereocenters. The summed E-state index contributed by atoms with van der Waals surface area (Å²) in [5, 5.41) is 6.25. The monoisotopic (exact) mass is 292 g/mol. The van der Waals surface area contributed by atoms with Crippen LogP contribution >= 0.6 is 22.9 Å². The Hall–Kier alpha value is -1.39. The van der Waals surface area contributed by atoms with E-state index in [4.69, 9.17) is 11.6 Å². The first kappa shape index (κ1) is 12.6. The van der Waals surface area contributed by atoms with Crippen LogP contribution in [-0.4, -0.2) is 10.9 Å². The van der Waals surface area contributed by atoms with Crippen LogP contribution in [0.3, 0.4) is 0 Å². The Balaban J connectivity index is 1.59. The molecule has 1 aliphatic rings. The van der Waals surface area contributed by atoms with Gasteiger partial charge in [-0.25, -0.2) is 4.98 Å². The lowest BCUT2D eigenvalue weighted by Crippen LogP contribution is -2.14. The number of hydrogen-bond donors (Lipinski definition) is 1. The van der Waals surface area contributed by atoms with Gasteiger partial charge in [-0.3, -0.25) is 4.79 Å². The summed E-state index contributed by atoms with van der Waals surface area (Å²) in [6.07, 6.45) is 2.79. The molecule has 0 bridgehead atoms. The molecule has 0 atom stereocenters. The molecule has 3 nitrogen and oxygen atoms in total. The number of thiazole rings is 1. The van der Waals surface area contributed by atoms with Crippen LogP contribution in [0, 0.1) is 0 Å². The Bertz CT molecular complexity index is 590. The summed E-state index contributed by atoms with van der Waals surface area (Å²) in [6.45, 7) is 0. The Morgan fingerprint density at radius 2 is 2.11 bits per heavy atom. The quantitative estimate of drug-likeness (QED) is 0.930. The third-order valence-electron chi connectivity index (χ3n) is 3.04. The van der Waals surface area contributed by atoms with Crippen molar-refractivity contribution in [3.8, 4) is 0 Å². The first-order chi connectivity index (χ1) is 9.20. The summed E-state index contributed by atoms with van der Waals surface area (Å²) in [5.41, 5.74) is 2.06.